The van der Waals surface area contributed by atoms with Crippen molar-refractivity contribution in [3.63, 3.8) is 0 Å². The highest BCUT2D eigenvalue weighted by molar-refractivity contribution is 6.08. The van der Waals surface area contributed by atoms with Crippen molar-refractivity contribution in [3.05, 3.63) is 84.8 Å². The van der Waals surface area contributed by atoms with Crippen molar-refractivity contribution in [1.29, 1.82) is 0 Å². The zero-order valence-electron chi connectivity index (χ0n) is 18.7. The summed E-state index contributed by atoms with van der Waals surface area (Å²) in [5.74, 6) is 0.890. The van der Waals surface area contributed by atoms with E-state index in [1.807, 2.05) is 0 Å². The quantitative estimate of drug-likeness (QED) is 0.369. The lowest BCUT2D eigenvalue weighted by molar-refractivity contribution is 0.0904. The Balaban J connectivity index is 1.61. The summed E-state index contributed by atoms with van der Waals surface area (Å²) in [5.41, 5.74) is 5.55. The highest BCUT2D eigenvalue weighted by Crippen LogP contribution is 2.39. The number of fused-ring (bicyclic) bond motifs is 2. The van der Waals surface area contributed by atoms with Gasteiger partial charge < -0.3 is 14.6 Å². The fourth-order valence-corrected chi connectivity index (χ4v) is 4.85. The van der Waals surface area contributed by atoms with Gasteiger partial charge in [-0.25, -0.2) is 9.97 Å². The highest BCUT2D eigenvalue weighted by Gasteiger charge is 2.21. The average Bonchev–Trinajstić information content (AvgIpc) is 3.25. The van der Waals surface area contributed by atoms with Gasteiger partial charge in [0.1, 0.15) is 12.1 Å². The summed E-state index contributed by atoms with van der Waals surface area (Å²) < 4.78 is 7.75. The predicted octanol–water partition coefficient (Wildman–Crippen LogP) is 6.14. The van der Waals surface area contributed by atoms with E-state index in [4.69, 9.17) is 14.7 Å². The SMILES string of the molecule is Cc1cccc(-n2cc(-c3cccc4ccccc34)c3c(NC4CCOCC4)ncnc32)c1. The Morgan fingerprint density at radius 2 is 1.73 bits per heavy atom. The molecule has 1 aliphatic heterocycles. The zero-order valence-corrected chi connectivity index (χ0v) is 18.7. The second kappa shape index (κ2) is 8.34. The maximum absolute atomic E-state index is 5.56. The van der Waals surface area contributed by atoms with Gasteiger partial charge in [-0.15, -0.1) is 0 Å². The van der Waals surface area contributed by atoms with Crippen molar-refractivity contribution in [3.8, 4) is 16.8 Å². The summed E-state index contributed by atoms with van der Waals surface area (Å²) >= 11 is 0. The predicted molar refractivity (Wildman–Crippen MR) is 134 cm³/mol. The number of nitrogens with zero attached hydrogens (tertiary/aromatic N) is 3. The number of aromatic nitrogens is 3. The van der Waals surface area contributed by atoms with Crippen LogP contribution < -0.4 is 5.32 Å². The Morgan fingerprint density at radius 3 is 2.61 bits per heavy atom. The second-order valence-corrected chi connectivity index (χ2v) is 8.73. The maximum atomic E-state index is 5.56. The van der Waals surface area contributed by atoms with Gasteiger partial charge in [0.25, 0.3) is 0 Å². The van der Waals surface area contributed by atoms with Crippen LogP contribution in [-0.4, -0.2) is 33.8 Å². The molecule has 0 atom stereocenters. The Bertz CT molecular complexity index is 1440. The molecule has 0 spiro atoms. The molecule has 5 heteroatoms. The van der Waals surface area contributed by atoms with E-state index < -0.39 is 0 Å². The third-order valence-electron chi connectivity index (χ3n) is 6.50. The first kappa shape index (κ1) is 19.9. The molecule has 1 N–H and O–H groups in total. The lowest BCUT2D eigenvalue weighted by atomic mass is 9.98. The number of rotatable bonds is 4. The van der Waals surface area contributed by atoms with Crippen LogP contribution in [0.1, 0.15) is 18.4 Å². The van der Waals surface area contributed by atoms with E-state index in [-0.39, 0.29) is 0 Å². The average molecular weight is 435 g/mol. The summed E-state index contributed by atoms with van der Waals surface area (Å²) in [4.78, 5) is 9.47. The van der Waals surface area contributed by atoms with E-state index in [9.17, 15) is 0 Å². The van der Waals surface area contributed by atoms with Crippen LogP contribution in [0, 0.1) is 6.92 Å². The summed E-state index contributed by atoms with van der Waals surface area (Å²) in [5, 5.41) is 7.22. The van der Waals surface area contributed by atoms with Gasteiger partial charge >= 0.3 is 0 Å². The van der Waals surface area contributed by atoms with Crippen molar-refractivity contribution in [2.75, 3.05) is 18.5 Å². The molecular formula is C28H26N4O. The number of aryl methyl sites for hydroxylation is 1. The molecular weight excluding hydrogens is 408 g/mol. The van der Waals surface area contributed by atoms with Gasteiger partial charge in [0.2, 0.25) is 0 Å². The zero-order chi connectivity index (χ0) is 22.2. The molecule has 6 rings (SSSR count). The van der Waals surface area contributed by atoms with Crippen LogP contribution in [-0.2, 0) is 4.74 Å². The van der Waals surface area contributed by atoms with Gasteiger partial charge in [-0.1, -0.05) is 54.6 Å². The first-order valence-corrected chi connectivity index (χ1v) is 11.5. The minimum Gasteiger partial charge on any atom is -0.381 e. The molecule has 0 aliphatic carbocycles. The molecule has 5 aromatic rings. The number of ether oxygens (including phenoxy) is 1. The highest BCUT2D eigenvalue weighted by atomic mass is 16.5. The van der Waals surface area contributed by atoms with Gasteiger partial charge in [-0.05, 0) is 53.8 Å². The van der Waals surface area contributed by atoms with E-state index in [0.717, 1.165) is 54.2 Å². The fraction of sp³-hybridized carbons (Fsp3) is 0.214. The van der Waals surface area contributed by atoms with Crippen molar-refractivity contribution >= 4 is 27.6 Å². The van der Waals surface area contributed by atoms with Gasteiger partial charge in [-0.2, -0.15) is 0 Å². The van der Waals surface area contributed by atoms with Crippen molar-refractivity contribution in [2.24, 2.45) is 0 Å². The third kappa shape index (κ3) is 3.64. The number of nitrogens with one attached hydrogen (secondary N) is 1. The number of hydrogen-bond donors (Lipinski definition) is 1. The van der Waals surface area contributed by atoms with Gasteiger partial charge in [-0.3, -0.25) is 0 Å². The maximum Gasteiger partial charge on any atom is 0.150 e. The molecule has 0 radical (unpaired) electrons. The van der Waals surface area contributed by atoms with Crippen LogP contribution in [0.2, 0.25) is 0 Å². The lowest BCUT2D eigenvalue weighted by Gasteiger charge is -2.24. The normalized spacial score (nSPS) is 14.7. The molecule has 0 amide bonds. The lowest BCUT2D eigenvalue weighted by Crippen LogP contribution is -2.28. The summed E-state index contributed by atoms with van der Waals surface area (Å²) in [7, 11) is 0. The van der Waals surface area contributed by atoms with Crippen LogP contribution >= 0.6 is 0 Å². The molecule has 33 heavy (non-hydrogen) atoms. The molecule has 0 bridgehead atoms. The molecule has 3 heterocycles. The van der Waals surface area contributed by atoms with Gasteiger partial charge in [0.15, 0.2) is 5.65 Å². The van der Waals surface area contributed by atoms with Crippen LogP contribution in [0.25, 0.3) is 38.6 Å². The largest absolute Gasteiger partial charge is 0.381 e. The first-order chi connectivity index (χ1) is 16.3. The molecule has 5 nitrogen and oxygen atoms in total. The first-order valence-electron chi connectivity index (χ1n) is 11.5. The van der Waals surface area contributed by atoms with Crippen molar-refractivity contribution in [1.82, 2.24) is 14.5 Å². The van der Waals surface area contributed by atoms with Crippen molar-refractivity contribution < 1.29 is 4.74 Å². The molecule has 0 saturated carbocycles. The van der Waals surface area contributed by atoms with Gasteiger partial charge in [0.05, 0.1) is 5.39 Å². The van der Waals surface area contributed by atoms with E-state index >= 15 is 0 Å². The summed E-state index contributed by atoms with van der Waals surface area (Å²) in [6.45, 7) is 3.69. The van der Waals surface area contributed by atoms with Crippen LogP contribution in [0.3, 0.4) is 0 Å². The van der Waals surface area contributed by atoms with E-state index in [1.54, 1.807) is 6.33 Å². The van der Waals surface area contributed by atoms with Crippen LogP contribution in [0.15, 0.2) is 79.3 Å². The van der Waals surface area contributed by atoms with E-state index in [0.29, 0.717) is 6.04 Å². The number of benzene rings is 3. The minimum atomic E-state index is 0.347. The van der Waals surface area contributed by atoms with E-state index in [2.05, 4.69) is 89.7 Å². The Morgan fingerprint density at radius 1 is 0.909 bits per heavy atom. The monoisotopic (exact) mass is 434 g/mol. The van der Waals surface area contributed by atoms with Crippen LogP contribution in [0.4, 0.5) is 5.82 Å². The molecule has 164 valence electrons. The summed E-state index contributed by atoms with van der Waals surface area (Å²) in [6.07, 6.45) is 5.84. The number of anilines is 1. The van der Waals surface area contributed by atoms with Crippen molar-refractivity contribution in [2.45, 2.75) is 25.8 Å². The Kier molecular flexibility index (Phi) is 5.04. The number of hydrogen-bond acceptors (Lipinski definition) is 4. The molecule has 3 aromatic carbocycles. The Hall–Kier alpha value is -3.70. The van der Waals surface area contributed by atoms with Crippen LogP contribution in [0.5, 0.6) is 0 Å². The molecule has 0 unspecified atom stereocenters. The smallest absolute Gasteiger partial charge is 0.150 e. The molecule has 1 saturated heterocycles. The molecule has 1 fully saturated rings. The Labute approximate surface area is 193 Å². The second-order valence-electron chi connectivity index (χ2n) is 8.73. The fourth-order valence-electron chi connectivity index (χ4n) is 4.85. The third-order valence-corrected chi connectivity index (χ3v) is 6.50. The standard InChI is InChI=1S/C28H26N4O/c1-19-6-4-9-22(16-19)32-17-25(24-11-5-8-20-7-2-3-10-23(20)24)26-27(29-18-30-28(26)32)31-21-12-14-33-15-13-21/h2-11,16-18,21H,12-15H2,1H3,(H,29,30,31). The van der Waals surface area contributed by atoms with E-state index in [1.165, 1.54) is 21.9 Å². The molecule has 1 aliphatic rings. The van der Waals surface area contributed by atoms with Gasteiger partial charge in [0, 0.05) is 36.7 Å². The summed E-state index contributed by atoms with van der Waals surface area (Å²) in [6, 6.07) is 23.9. The minimum absolute atomic E-state index is 0.347. The topological polar surface area (TPSA) is 52.0 Å². The molecule has 2 aromatic heterocycles.